The van der Waals surface area contributed by atoms with Gasteiger partial charge in [-0.15, -0.1) is 0 Å². The molecule has 2 aromatic rings. The van der Waals surface area contributed by atoms with Crippen LogP contribution in [0, 0.1) is 23.2 Å². The van der Waals surface area contributed by atoms with Gasteiger partial charge in [0.05, 0.1) is 62.5 Å². The highest BCUT2D eigenvalue weighted by atomic mass is 16.7. The molecule has 7 fully saturated rings. The van der Waals surface area contributed by atoms with E-state index in [0.29, 0.717) is 53.8 Å². The fraction of sp³-hybridized carbons (Fsp3) is 0.625. The van der Waals surface area contributed by atoms with Crippen LogP contribution >= 0.6 is 0 Å². The molecule has 82 heavy (non-hydrogen) atoms. The van der Waals surface area contributed by atoms with E-state index in [0.717, 1.165) is 29.7 Å². The summed E-state index contributed by atoms with van der Waals surface area (Å²) in [4.78, 5) is 71.5. The molecular formula is C64H88O18. The summed E-state index contributed by atoms with van der Waals surface area (Å²) in [5.41, 5.74) is 2.36. The molecular weight excluding hydrogens is 1060 g/mol. The summed E-state index contributed by atoms with van der Waals surface area (Å²) in [6.07, 6.45) is 8.94. The SMILES string of the molecule is C=C(C)C(=O)OCC1CC(CC(=O)OCCC23CC4CC(CC(C4)C2)C3)OC(C)(C)O1.C=C(C)C(=O)OCC1CC(CC(=O)OCc2ccccc2)OC(C)(C)O1.C=C(C)C(=O)OCC1CC(CC(=O)Oc2ccccc2)OC(C)(C)O1. The predicted octanol–water partition coefficient (Wildman–Crippen LogP) is 10.7. The minimum Gasteiger partial charge on any atom is -0.466 e. The van der Waals surface area contributed by atoms with Crippen molar-refractivity contribution >= 4 is 35.8 Å². The fourth-order valence-electron chi connectivity index (χ4n) is 12.3. The Labute approximate surface area is 484 Å². The van der Waals surface area contributed by atoms with Crippen molar-refractivity contribution in [2.75, 3.05) is 26.4 Å². The predicted molar refractivity (Wildman–Crippen MR) is 301 cm³/mol. The normalized spacial score (nSPS) is 27.9. The second kappa shape index (κ2) is 29.7. The van der Waals surface area contributed by atoms with Crippen molar-refractivity contribution in [3.05, 3.63) is 103 Å². The Bertz CT molecular complexity index is 2480. The smallest absolute Gasteiger partial charge is 0.333 e. The topological polar surface area (TPSA) is 213 Å². The zero-order valence-corrected chi connectivity index (χ0v) is 49.7. The number of ether oxygens (including phenoxy) is 12. The first kappa shape index (κ1) is 65.4. The Kier molecular flexibility index (Phi) is 23.7. The van der Waals surface area contributed by atoms with Gasteiger partial charge in [-0.2, -0.15) is 0 Å². The van der Waals surface area contributed by atoms with Gasteiger partial charge in [-0.05, 0) is 148 Å². The molecule has 452 valence electrons. The number of para-hydroxylation sites is 1. The van der Waals surface area contributed by atoms with Gasteiger partial charge < -0.3 is 56.8 Å². The number of rotatable bonds is 21. The second-order valence-electron chi connectivity index (χ2n) is 24.4. The van der Waals surface area contributed by atoms with Crippen LogP contribution in [-0.2, 0) is 87.5 Å². The molecule has 6 unspecified atom stereocenters. The van der Waals surface area contributed by atoms with Crippen molar-refractivity contribution in [1.82, 2.24) is 0 Å². The molecule has 9 rings (SSSR count). The molecule has 2 aromatic carbocycles. The quantitative estimate of drug-likeness (QED) is 0.0492. The van der Waals surface area contributed by atoms with Gasteiger partial charge in [-0.3, -0.25) is 14.4 Å². The summed E-state index contributed by atoms with van der Waals surface area (Å²) in [6, 6.07) is 18.3. The van der Waals surface area contributed by atoms with Gasteiger partial charge in [0.15, 0.2) is 17.4 Å². The van der Waals surface area contributed by atoms with Crippen LogP contribution in [0.5, 0.6) is 5.75 Å². The maximum absolute atomic E-state index is 12.5. The third-order valence-corrected chi connectivity index (χ3v) is 15.0. The molecule has 0 radical (unpaired) electrons. The van der Waals surface area contributed by atoms with E-state index in [1.165, 1.54) is 38.5 Å². The number of hydrogen-bond acceptors (Lipinski definition) is 18. The van der Waals surface area contributed by atoms with Gasteiger partial charge in [0.2, 0.25) is 0 Å². The van der Waals surface area contributed by atoms with E-state index in [4.69, 9.17) is 56.8 Å². The molecule has 18 heteroatoms. The largest absolute Gasteiger partial charge is 0.466 e. The van der Waals surface area contributed by atoms with E-state index >= 15 is 0 Å². The average molecular weight is 1150 g/mol. The molecule has 4 bridgehead atoms. The molecule has 3 saturated heterocycles. The van der Waals surface area contributed by atoms with Crippen molar-refractivity contribution in [2.24, 2.45) is 23.2 Å². The van der Waals surface area contributed by atoms with Gasteiger partial charge >= 0.3 is 35.8 Å². The van der Waals surface area contributed by atoms with Crippen LogP contribution < -0.4 is 4.74 Å². The summed E-state index contributed by atoms with van der Waals surface area (Å²) >= 11 is 0. The molecule has 7 aliphatic rings. The molecule has 3 heterocycles. The third-order valence-electron chi connectivity index (χ3n) is 15.0. The molecule has 0 aromatic heterocycles. The first-order valence-corrected chi connectivity index (χ1v) is 28.8. The second-order valence-corrected chi connectivity index (χ2v) is 24.4. The van der Waals surface area contributed by atoms with Crippen LogP contribution in [0.3, 0.4) is 0 Å². The van der Waals surface area contributed by atoms with Crippen LogP contribution in [0.4, 0.5) is 0 Å². The van der Waals surface area contributed by atoms with Crippen LogP contribution in [0.1, 0.15) is 151 Å². The van der Waals surface area contributed by atoms with E-state index in [1.54, 1.807) is 72.7 Å². The fourth-order valence-corrected chi connectivity index (χ4v) is 12.3. The number of carbonyl (C=O) groups is 6. The van der Waals surface area contributed by atoms with Gasteiger partial charge in [0.1, 0.15) is 32.2 Å². The Hall–Kier alpha value is -5.76. The lowest BCUT2D eigenvalue weighted by Gasteiger charge is -2.57. The number of hydrogen-bond donors (Lipinski definition) is 0. The summed E-state index contributed by atoms with van der Waals surface area (Å²) in [6.45, 7) is 27.2. The van der Waals surface area contributed by atoms with Crippen LogP contribution in [0.2, 0.25) is 0 Å². The summed E-state index contributed by atoms with van der Waals surface area (Å²) < 4.78 is 66.7. The maximum atomic E-state index is 12.5. The standard InChI is InChI=1S/C25H38O6.C20H26O6.C19H24O6/c1-16(2)23(27)29-15-21-10-20(30-24(3,4)31-21)11-22(26)28-6-5-25-12-17-7-18(13-25)9-19(8-17)14-25;1-14(2)19(22)24-13-17-10-16(25-20(3,4)26-17)11-18(21)23-12-15-8-6-5-7-9-15;1-13(2)18(21)22-12-16-10-15(24-19(3,4)25-16)11-17(20)23-14-8-6-5-7-9-14/h17-21H,1,5-15H2,2-4H3;5-9,16-17H,1,10-13H2,2-4H3;5-9,15-16H,1,10-12H2,2-4H3. The van der Waals surface area contributed by atoms with Crippen molar-refractivity contribution in [3.63, 3.8) is 0 Å². The van der Waals surface area contributed by atoms with Gasteiger partial charge in [-0.1, -0.05) is 68.3 Å². The van der Waals surface area contributed by atoms with E-state index in [1.807, 2.05) is 50.2 Å². The Balaban J connectivity index is 0.000000199. The molecule has 3 aliphatic heterocycles. The van der Waals surface area contributed by atoms with E-state index in [9.17, 15) is 28.8 Å². The minimum absolute atomic E-state index is 0.0860. The number of carbonyl (C=O) groups excluding carboxylic acids is 6. The monoisotopic (exact) mass is 1140 g/mol. The lowest BCUT2D eigenvalue weighted by Crippen LogP contribution is -2.47. The van der Waals surface area contributed by atoms with Crippen LogP contribution in [-0.4, -0.2) is 116 Å². The molecule has 4 aliphatic carbocycles. The van der Waals surface area contributed by atoms with Crippen molar-refractivity contribution in [2.45, 2.75) is 206 Å². The number of benzene rings is 2. The van der Waals surface area contributed by atoms with Gasteiger partial charge in [0, 0.05) is 36.0 Å². The number of esters is 6. The Morgan fingerprint density at radius 1 is 0.451 bits per heavy atom. The third kappa shape index (κ3) is 22.1. The first-order chi connectivity index (χ1) is 38.6. The molecule has 4 saturated carbocycles. The summed E-state index contributed by atoms with van der Waals surface area (Å²) in [5.74, 6) is -1.67. The first-order valence-electron chi connectivity index (χ1n) is 28.8. The van der Waals surface area contributed by atoms with Crippen LogP contribution in [0.15, 0.2) is 97.1 Å². The molecule has 18 nitrogen and oxygen atoms in total. The Morgan fingerprint density at radius 3 is 1.17 bits per heavy atom. The molecule has 0 spiro atoms. The molecule has 0 N–H and O–H groups in total. The zero-order chi connectivity index (χ0) is 59.8. The van der Waals surface area contributed by atoms with Gasteiger partial charge in [-0.25, -0.2) is 14.4 Å². The average Bonchev–Trinajstić information content (AvgIpc) is 3.58. The van der Waals surface area contributed by atoms with Crippen molar-refractivity contribution in [1.29, 1.82) is 0 Å². The highest BCUT2D eigenvalue weighted by Gasteiger charge is 2.51. The van der Waals surface area contributed by atoms with Crippen molar-refractivity contribution < 1.29 is 85.6 Å². The summed E-state index contributed by atoms with van der Waals surface area (Å²) in [7, 11) is 0. The van der Waals surface area contributed by atoms with E-state index < -0.39 is 35.3 Å². The lowest BCUT2D eigenvalue weighted by atomic mass is 9.49. The Morgan fingerprint density at radius 2 is 0.793 bits per heavy atom. The highest BCUT2D eigenvalue weighted by Crippen LogP contribution is 2.61. The van der Waals surface area contributed by atoms with Gasteiger partial charge in [0.25, 0.3) is 0 Å². The minimum atomic E-state index is -0.879. The molecule has 0 amide bonds. The molecule has 6 atom stereocenters. The van der Waals surface area contributed by atoms with Crippen molar-refractivity contribution in [3.8, 4) is 5.75 Å². The summed E-state index contributed by atoms with van der Waals surface area (Å²) in [5, 5.41) is 0. The lowest BCUT2D eigenvalue weighted by molar-refractivity contribution is -0.305. The zero-order valence-electron chi connectivity index (χ0n) is 49.7. The highest BCUT2D eigenvalue weighted by molar-refractivity contribution is 5.87. The van der Waals surface area contributed by atoms with E-state index in [-0.39, 0.29) is 100 Å². The van der Waals surface area contributed by atoms with E-state index in [2.05, 4.69) is 19.7 Å². The maximum Gasteiger partial charge on any atom is 0.333 e. The van der Waals surface area contributed by atoms with Crippen LogP contribution in [0.25, 0.3) is 0 Å².